The van der Waals surface area contributed by atoms with Gasteiger partial charge in [0.1, 0.15) is 0 Å². The number of morpholine rings is 1. The monoisotopic (exact) mass is 252 g/mol. The molecule has 3 heteroatoms. The van der Waals surface area contributed by atoms with Crippen LogP contribution in [0.25, 0.3) is 0 Å². The number of rotatable bonds is 3. The Kier molecular flexibility index (Phi) is 4.22. The second kappa shape index (κ2) is 5.89. The Bertz CT molecular complexity index is 271. The van der Waals surface area contributed by atoms with Crippen LogP contribution in [-0.2, 0) is 4.74 Å². The van der Waals surface area contributed by atoms with Crippen LogP contribution >= 0.6 is 0 Å². The maximum absolute atomic E-state index is 5.90. The lowest BCUT2D eigenvalue weighted by molar-refractivity contribution is -0.0594. The molecule has 3 aliphatic rings. The van der Waals surface area contributed by atoms with Gasteiger partial charge in [-0.3, -0.25) is 4.90 Å². The Balaban J connectivity index is 1.54. The maximum Gasteiger partial charge on any atom is 0.0730 e. The van der Waals surface area contributed by atoms with E-state index in [0.717, 1.165) is 31.2 Å². The zero-order valence-corrected chi connectivity index (χ0v) is 11.7. The topological polar surface area (TPSA) is 24.5 Å². The number of piperidine rings is 1. The smallest absolute Gasteiger partial charge is 0.0730 e. The van der Waals surface area contributed by atoms with E-state index >= 15 is 0 Å². The van der Waals surface area contributed by atoms with Gasteiger partial charge in [0.15, 0.2) is 0 Å². The van der Waals surface area contributed by atoms with Gasteiger partial charge < -0.3 is 10.1 Å². The first-order valence-corrected chi connectivity index (χ1v) is 7.96. The van der Waals surface area contributed by atoms with Gasteiger partial charge in [0.2, 0.25) is 0 Å². The fourth-order valence-electron chi connectivity index (χ4n) is 4.12. The van der Waals surface area contributed by atoms with Crippen molar-refractivity contribution in [3.63, 3.8) is 0 Å². The molecule has 0 spiro atoms. The lowest BCUT2D eigenvalue weighted by Crippen LogP contribution is -2.54. The van der Waals surface area contributed by atoms with Crippen molar-refractivity contribution in [2.75, 3.05) is 26.2 Å². The summed E-state index contributed by atoms with van der Waals surface area (Å²) in [7, 11) is 0. The standard InChI is InChI=1S/C15H28N2O/c1-2-12-6-7-16-13(10-12)11-17-8-9-18-15-5-3-4-14(15)17/h12-16H,2-11H2,1H3. The Labute approximate surface area is 111 Å². The highest BCUT2D eigenvalue weighted by Crippen LogP contribution is 2.30. The van der Waals surface area contributed by atoms with Crippen molar-refractivity contribution in [2.45, 2.75) is 63.6 Å². The fraction of sp³-hybridized carbons (Fsp3) is 1.00. The summed E-state index contributed by atoms with van der Waals surface area (Å²) in [5, 5.41) is 3.73. The lowest BCUT2D eigenvalue weighted by Gasteiger charge is -2.41. The Morgan fingerprint density at radius 1 is 1.28 bits per heavy atom. The van der Waals surface area contributed by atoms with Gasteiger partial charge in [0.25, 0.3) is 0 Å². The molecule has 1 saturated carbocycles. The molecule has 0 aromatic carbocycles. The maximum atomic E-state index is 5.90. The molecule has 3 nitrogen and oxygen atoms in total. The Hall–Kier alpha value is -0.120. The fourth-order valence-corrected chi connectivity index (χ4v) is 4.12. The quantitative estimate of drug-likeness (QED) is 0.831. The van der Waals surface area contributed by atoms with Crippen LogP contribution in [0.2, 0.25) is 0 Å². The van der Waals surface area contributed by atoms with Crippen molar-refractivity contribution in [1.82, 2.24) is 10.2 Å². The minimum Gasteiger partial charge on any atom is -0.375 e. The molecular formula is C15H28N2O. The average Bonchev–Trinajstić information content (AvgIpc) is 2.88. The van der Waals surface area contributed by atoms with Gasteiger partial charge >= 0.3 is 0 Å². The van der Waals surface area contributed by atoms with Gasteiger partial charge in [-0.15, -0.1) is 0 Å². The molecule has 2 heterocycles. The first-order valence-electron chi connectivity index (χ1n) is 7.96. The van der Waals surface area contributed by atoms with Gasteiger partial charge in [-0.05, 0) is 44.6 Å². The molecule has 2 aliphatic heterocycles. The van der Waals surface area contributed by atoms with E-state index in [1.165, 1.54) is 51.6 Å². The van der Waals surface area contributed by atoms with Crippen molar-refractivity contribution in [3.05, 3.63) is 0 Å². The molecule has 3 rings (SSSR count). The van der Waals surface area contributed by atoms with Crippen LogP contribution in [0.15, 0.2) is 0 Å². The average molecular weight is 252 g/mol. The first-order chi connectivity index (χ1) is 8.86. The summed E-state index contributed by atoms with van der Waals surface area (Å²) < 4.78 is 5.90. The second-order valence-corrected chi connectivity index (χ2v) is 6.35. The number of ether oxygens (including phenoxy) is 1. The third kappa shape index (κ3) is 2.73. The number of nitrogens with zero attached hydrogens (tertiary/aromatic N) is 1. The molecule has 104 valence electrons. The van der Waals surface area contributed by atoms with Crippen LogP contribution < -0.4 is 5.32 Å². The summed E-state index contributed by atoms with van der Waals surface area (Å²) >= 11 is 0. The van der Waals surface area contributed by atoms with Crippen LogP contribution in [0.1, 0.15) is 45.4 Å². The van der Waals surface area contributed by atoms with Gasteiger partial charge in [0, 0.05) is 25.2 Å². The minimum atomic E-state index is 0.546. The molecule has 1 N–H and O–H groups in total. The zero-order valence-electron chi connectivity index (χ0n) is 11.7. The molecular weight excluding hydrogens is 224 g/mol. The lowest BCUT2D eigenvalue weighted by atomic mass is 9.90. The SMILES string of the molecule is CCC1CCNC(CN2CCOC3CCCC32)C1. The van der Waals surface area contributed by atoms with E-state index in [0.29, 0.717) is 6.10 Å². The summed E-state index contributed by atoms with van der Waals surface area (Å²) in [6.07, 6.45) is 8.66. The van der Waals surface area contributed by atoms with Gasteiger partial charge in [0.05, 0.1) is 12.7 Å². The van der Waals surface area contributed by atoms with Crippen LogP contribution in [-0.4, -0.2) is 49.3 Å². The molecule has 3 fully saturated rings. The van der Waals surface area contributed by atoms with Gasteiger partial charge in [-0.25, -0.2) is 0 Å². The molecule has 2 saturated heterocycles. The molecule has 0 aromatic rings. The number of hydrogen-bond acceptors (Lipinski definition) is 3. The van der Waals surface area contributed by atoms with E-state index in [9.17, 15) is 0 Å². The van der Waals surface area contributed by atoms with Crippen LogP contribution in [0, 0.1) is 5.92 Å². The molecule has 18 heavy (non-hydrogen) atoms. The highest BCUT2D eigenvalue weighted by atomic mass is 16.5. The van der Waals surface area contributed by atoms with Crippen molar-refractivity contribution in [1.29, 1.82) is 0 Å². The van der Waals surface area contributed by atoms with Gasteiger partial charge in [-0.2, -0.15) is 0 Å². The molecule has 4 atom stereocenters. The summed E-state index contributed by atoms with van der Waals surface area (Å²) in [6.45, 7) is 6.92. The summed E-state index contributed by atoms with van der Waals surface area (Å²) in [5.41, 5.74) is 0. The molecule has 0 radical (unpaired) electrons. The first kappa shape index (κ1) is 12.9. The second-order valence-electron chi connectivity index (χ2n) is 6.35. The number of hydrogen-bond donors (Lipinski definition) is 1. The van der Waals surface area contributed by atoms with Crippen molar-refractivity contribution in [2.24, 2.45) is 5.92 Å². The number of nitrogens with one attached hydrogen (secondary N) is 1. The zero-order chi connectivity index (χ0) is 12.4. The van der Waals surface area contributed by atoms with Crippen molar-refractivity contribution < 1.29 is 4.74 Å². The predicted molar refractivity (Wildman–Crippen MR) is 73.8 cm³/mol. The van der Waals surface area contributed by atoms with E-state index in [1.807, 2.05) is 0 Å². The summed E-state index contributed by atoms with van der Waals surface area (Å²) in [4.78, 5) is 2.72. The largest absolute Gasteiger partial charge is 0.375 e. The van der Waals surface area contributed by atoms with Crippen molar-refractivity contribution in [3.8, 4) is 0 Å². The Morgan fingerprint density at radius 2 is 2.22 bits per heavy atom. The normalized spacial score (nSPS) is 41.8. The van der Waals surface area contributed by atoms with E-state index in [2.05, 4.69) is 17.1 Å². The third-order valence-electron chi connectivity index (χ3n) is 5.23. The van der Waals surface area contributed by atoms with Crippen LogP contribution in [0.4, 0.5) is 0 Å². The predicted octanol–water partition coefficient (Wildman–Crippen LogP) is 2.02. The molecule has 4 unspecified atom stereocenters. The molecule has 0 amide bonds. The van der Waals surface area contributed by atoms with E-state index in [-0.39, 0.29) is 0 Å². The highest BCUT2D eigenvalue weighted by Gasteiger charge is 2.37. The highest BCUT2D eigenvalue weighted by molar-refractivity contribution is 4.92. The van der Waals surface area contributed by atoms with Crippen molar-refractivity contribution >= 4 is 0 Å². The van der Waals surface area contributed by atoms with Crippen LogP contribution in [0.5, 0.6) is 0 Å². The number of fused-ring (bicyclic) bond motifs is 1. The van der Waals surface area contributed by atoms with Gasteiger partial charge in [-0.1, -0.05) is 13.3 Å². The van der Waals surface area contributed by atoms with E-state index in [4.69, 9.17) is 4.74 Å². The third-order valence-corrected chi connectivity index (χ3v) is 5.23. The van der Waals surface area contributed by atoms with Crippen LogP contribution in [0.3, 0.4) is 0 Å². The molecule has 0 bridgehead atoms. The molecule has 0 aromatic heterocycles. The van der Waals surface area contributed by atoms with E-state index < -0.39 is 0 Å². The van der Waals surface area contributed by atoms with E-state index in [1.54, 1.807) is 0 Å². The Morgan fingerprint density at radius 3 is 3.11 bits per heavy atom. The summed E-state index contributed by atoms with van der Waals surface area (Å²) in [6, 6.07) is 1.45. The minimum absolute atomic E-state index is 0.546. The molecule has 1 aliphatic carbocycles. The summed E-state index contributed by atoms with van der Waals surface area (Å²) in [5.74, 6) is 0.955.